The zero-order chi connectivity index (χ0) is 20.1. The monoisotopic (exact) mass is 392 g/mol. The Morgan fingerprint density at radius 3 is 2.71 bits per heavy atom. The van der Waals surface area contributed by atoms with Crippen LogP contribution in [0.4, 0.5) is 11.4 Å². The minimum atomic E-state index is -0.495. The smallest absolute Gasteiger partial charge is 0.273 e. The lowest BCUT2D eigenvalue weighted by molar-refractivity contribution is -0.384. The molecule has 0 radical (unpaired) electrons. The molecule has 1 heterocycles. The predicted molar refractivity (Wildman–Crippen MR) is 109 cm³/mol. The highest BCUT2D eigenvalue weighted by Crippen LogP contribution is 2.30. The fraction of sp³-hybridized carbons (Fsp3) is 0.100. The van der Waals surface area contributed by atoms with Gasteiger partial charge in [-0.05, 0) is 13.0 Å². The molecule has 3 aromatic rings. The molecule has 1 aromatic heterocycles. The fourth-order valence-electron chi connectivity index (χ4n) is 2.46. The van der Waals surface area contributed by atoms with Gasteiger partial charge in [0, 0.05) is 23.2 Å². The van der Waals surface area contributed by atoms with Crippen molar-refractivity contribution in [1.82, 2.24) is 4.98 Å². The molecule has 8 heteroatoms. The number of methoxy groups -OCH3 is 1. The summed E-state index contributed by atoms with van der Waals surface area (Å²) in [4.78, 5) is 14.9. The number of nitro groups is 1. The summed E-state index contributed by atoms with van der Waals surface area (Å²) in [6, 6.07) is 14.3. The van der Waals surface area contributed by atoms with Crippen molar-refractivity contribution in [2.45, 2.75) is 6.92 Å². The highest BCUT2D eigenvalue weighted by atomic mass is 32.1. The molecular formula is C20H16N4O3S. The molecule has 0 aliphatic rings. The Bertz CT molecular complexity index is 1080. The lowest BCUT2D eigenvalue weighted by Gasteiger charge is -2.08. The van der Waals surface area contributed by atoms with Gasteiger partial charge in [0.15, 0.2) is 0 Å². The molecule has 0 saturated carbocycles. The summed E-state index contributed by atoms with van der Waals surface area (Å²) in [6.45, 7) is 2.02. The van der Waals surface area contributed by atoms with Crippen LogP contribution in [-0.4, -0.2) is 17.0 Å². The molecule has 28 heavy (non-hydrogen) atoms. The van der Waals surface area contributed by atoms with E-state index in [1.165, 1.54) is 42.8 Å². The fourth-order valence-corrected chi connectivity index (χ4v) is 3.25. The van der Waals surface area contributed by atoms with Gasteiger partial charge < -0.3 is 10.1 Å². The van der Waals surface area contributed by atoms with Crippen molar-refractivity contribution in [3.05, 3.63) is 74.7 Å². The van der Waals surface area contributed by atoms with E-state index < -0.39 is 4.92 Å². The molecule has 0 aliphatic carbocycles. The van der Waals surface area contributed by atoms with Gasteiger partial charge in [0.05, 0.1) is 29.5 Å². The van der Waals surface area contributed by atoms with Crippen LogP contribution in [0, 0.1) is 28.4 Å². The summed E-state index contributed by atoms with van der Waals surface area (Å²) < 4.78 is 5.19. The number of hydrogen-bond acceptors (Lipinski definition) is 7. The van der Waals surface area contributed by atoms with E-state index in [4.69, 9.17) is 4.74 Å². The van der Waals surface area contributed by atoms with Gasteiger partial charge in [-0.25, -0.2) is 4.98 Å². The van der Waals surface area contributed by atoms with Crippen LogP contribution in [0.3, 0.4) is 0 Å². The van der Waals surface area contributed by atoms with Gasteiger partial charge in [0.1, 0.15) is 22.4 Å². The minimum absolute atomic E-state index is 0.0745. The van der Waals surface area contributed by atoms with Crippen LogP contribution in [0.5, 0.6) is 5.75 Å². The van der Waals surface area contributed by atoms with Crippen molar-refractivity contribution < 1.29 is 9.66 Å². The summed E-state index contributed by atoms with van der Waals surface area (Å²) in [6.07, 6.45) is 1.52. The standard InChI is InChI=1S/C20H16N4O3S/c1-13-3-5-14(6-4-13)18-12-28-20(23-18)15(10-21)11-22-17-8-7-16(24(25)26)9-19(17)27-2/h3-9,11-12,22H,1-2H3. The average Bonchev–Trinajstić information content (AvgIpc) is 3.19. The third kappa shape index (κ3) is 4.16. The Kier molecular flexibility index (Phi) is 5.67. The number of aromatic nitrogens is 1. The third-order valence-corrected chi connectivity index (χ3v) is 4.85. The number of hydrogen-bond donors (Lipinski definition) is 1. The number of nitriles is 1. The Labute approximate surface area is 165 Å². The summed E-state index contributed by atoms with van der Waals surface area (Å²) >= 11 is 1.37. The predicted octanol–water partition coefficient (Wildman–Crippen LogP) is 5.01. The summed E-state index contributed by atoms with van der Waals surface area (Å²) in [7, 11) is 1.42. The molecule has 140 valence electrons. The number of benzene rings is 2. The highest BCUT2D eigenvalue weighted by molar-refractivity contribution is 7.11. The van der Waals surface area contributed by atoms with Gasteiger partial charge in [-0.15, -0.1) is 11.3 Å². The average molecular weight is 392 g/mol. The van der Waals surface area contributed by atoms with Crippen LogP contribution in [-0.2, 0) is 0 Å². The number of ether oxygens (including phenoxy) is 1. The van der Waals surface area contributed by atoms with E-state index in [0.717, 1.165) is 16.8 Å². The zero-order valence-electron chi connectivity index (χ0n) is 15.2. The van der Waals surface area contributed by atoms with Crippen LogP contribution < -0.4 is 10.1 Å². The van der Waals surface area contributed by atoms with Crippen LogP contribution in [0.2, 0.25) is 0 Å². The van der Waals surface area contributed by atoms with E-state index in [2.05, 4.69) is 16.4 Å². The van der Waals surface area contributed by atoms with Gasteiger partial charge in [-0.2, -0.15) is 5.26 Å². The molecular weight excluding hydrogens is 376 g/mol. The summed E-state index contributed by atoms with van der Waals surface area (Å²) in [5.74, 6) is 0.308. The maximum atomic E-state index is 10.9. The van der Waals surface area contributed by atoms with Crippen molar-refractivity contribution in [1.29, 1.82) is 5.26 Å². The summed E-state index contributed by atoms with van der Waals surface area (Å²) in [5.41, 5.74) is 3.73. The zero-order valence-corrected chi connectivity index (χ0v) is 16.0. The molecule has 0 amide bonds. The SMILES string of the molecule is COc1cc([N+](=O)[O-])ccc1NC=C(C#N)c1nc(-c2ccc(C)cc2)cs1. The maximum absolute atomic E-state index is 10.9. The van der Waals surface area contributed by atoms with Gasteiger partial charge in [0.25, 0.3) is 5.69 Å². The molecule has 0 saturated heterocycles. The van der Waals surface area contributed by atoms with Crippen LogP contribution >= 0.6 is 11.3 Å². The molecule has 2 aromatic carbocycles. The molecule has 3 rings (SSSR count). The normalized spacial score (nSPS) is 11.0. The number of anilines is 1. The van der Waals surface area contributed by atoms with Crippen molar-refractivity contribution in [3.63, 3.8) is 0 Å². The second-order valence-electron chi connectivity index (χ2n) is 5.86. The first kappa shape index (κ1) is 19.1. The number of nitrogens with zero attached hydrogens (tertiary/aromatic N) is 3. The Hall–Kier alpha value is -3.70. The minimum Gasteiger partial charge on any atom is -0.494 e. The first-order chi connectivity index (χ1) is 13.5. The van der Waals surface area contributed by atoms with Crippen LogP contribution in [0.25, 0.3) is 16.8 Å². The van der Waals surface area contributed by atoms with Gasteiger partial charge in [-0.3, -0.25) is 10.1 Å². The molecule has 0 atom stereocenters. The quantitative estimate of drug-likeness (QED) is 0.359. The second-order valence-corrected chi connectivity index (χ2v) is 6.72. The Morgan fingerprint density at radius 1 is 1.32 bits per heavy atom. The molecule has 0 bridgehead atoms. The van der Waals surface area contributed by atoms with Crippen molar-refractivity contribution in [3.8, 4) is 23.1 Å². The molecule has 0 spiro atoms. The second kappa shape index (κ2) is 8.33. The first-order valence-electron chi connectivity index (χ1n) is 8.24. The van der Waals surface area contributed by atoms with E-state index in [1.54, 1.807) is 0 Å². The largest absolute Gasteiger partial charge is 0.494 e. The van der Waals surface area contributed by atoms with E-state index in [1.807, 2.05) is 36.6 Å². The van der Waals surface area contributed by atoms with Gasteiger partial charge >= 0.3 is 0 Å². The van der Waals surface area contributed by atoms with Gasteiger partial charge in [-0.1, -0.05) is 29.8 Å². The molecule has 0 unspecified atom stereocenters. The Balaban J connectivity index is 1.84. The first-order valence-corrected chi connectivity index (χ1v) is 9.12. The van der Waals surface area contributed by atoms with Crippen molar-refractivity contribution in [2.75, 3.05) is 12.4 Å². The summed E-state index contributed by atoms with van der Waals surface area (Å²) in [5, 5.41) is 25.8. The van der Waals surface area contributed by atoms with Gasteiger partial charge in [0.2, 0.25) is 0 Å². The van der Waals surface area contributed by atoms with Crippen molar-refractivity contribution in [2.24, 2.45) is 0 Å². The van der Waals surface area contributed by atoms with E-state index >= 15 is 0 Å². The van der Waals surface area contributed by atoms with E-state index in [0.29, 0.717) is 22.0 Å². The Morgan fingerprint density at radius 2 is 2.07 bits per heavy atom. The lowest BCUT2D eigenvalue weighted by Crippen LogP contribution is -1.96. The van der Waals surface area contributed by atoms with E-state index in [9.17, 15) is 15.4 Å². The third-order valence-electron chi connectivity index (χ3n) is 3.97. The number of thiazole rings is 1. The number of rotatable bonds is 6. The van der Waals surface area contributed by atoms with Crippen molar-refractivity contribution >= 4 is 28.3 Å². The van der Waals surface area contributed by atoms with Crippen LogP contribution in [0.15, 0.2) is 54.0 Å². The number of nitro benzene ring substituents is 1. The number of aryl methyl sites for hydroxylation is 1. The molecule has 7 nitrogen and oxygen atoms in total. The molecule has 1 N–H and O–H groups in total. The van der Waals surface area contributed by atoms with Crippen LogP contribution in [0.1, 0.15) is 10.6 Å². The highest BCUT2D eigenvalue weighted by Gasteiger charge is 2.12. The maximum Gasteiger partial charge on any atom is 0.273 e. The van der Waals surface area contributed by atoms with E-state index in [-0.39, 0.29) is 5.69 Å². The topological polar surface area (TPSA) is 101 Å². The molecule has 0 fully saturated rings. The molecule has 0 aliphatic heterocycles. The number of allylic oxidation sites excluding steroid dienone is 1. The lowest BCUT2D eigenvalue weighted by atomic mass is 10.1. The number of nitrogens with one attached hydrogen (secondary N) is 1. The number of non-ortho nitro benzene ring substituents is 1.